The molecule has 1 fully saturated rings. The van der Waals surface area contributed by atoms with Crippen molar-refractivity contribution in [2.75, 3.05) is 19.8 Å². The number of rotatable bonds is 5. The number of carbonyl (C=O) groups excluding carboxylic acids is 1. The van der Waals surface area contributed by atoms with E-state index in [1.54, 1.807) is 4.68 Å². The van der Waals surface area contributed by atoms with Crippen molar-refractivity contribution < 1.29 is 19.0 Å². The van der Waals surface area contributed by atoms with E-state index in [-0.39, 0.29) is 13.2 Å². The highest BCUT2D eigenvalue weighted by atomic mass is 16.6. The summed E-state index contributed by atoms with van der Waals surface area (Å²) in [7, 11) is 0. The van der Waals surface area contributed by atoms with E-state index in [4.69, 9.17) is 19.3 Å². The fourth-order valence-corrected chi connectivity index (χ4v) is 2.93. The van der Waals surface area contributed by atoms with E-state index >= 15 is 0 Å². The summed E-state index contributed by atoms with van der Waals surface area (Å²) in [6.07, 6.45) is 1.23. The number of benzene rings is 2. The predicted molar refractivity (Wildman–Crippen MR) is 99.4 cm³/mol. The molecule has 0 aliphatic carbocycles. The second-order valence-electron chi connectivity index (χ2n) is 6.19. The fourth-order valence-electron chi connectivity index (χ4n) is 2.93. The molecule has 1 saturated heterocycles. The number of hydrogen-bond acceptors (Lipinski definition) is 5. The van der Waals surface area contributed by atoms with E-state index < -0.39 is 12.1 Å². The van der Waals surface area contributed by atoms with E-state index in [1.807, 2.05) is 66.9 Å². The van der Waals surface area contributed by atoms with Gasteiger partial charge < -0.3 is 14.2 Å². The van der Waals surface area contributed by atoms with E-state index in [2.05, 4.69) is 0 Å². The Bertz CT molecular complexity index is 887. The molecule has 6 heteroatoms. The maximum Gasteiger partial charge on any atom is 0.338 e. The molecule has 0 bridgehead atoms. The number of ether oxygens (including phenoxy) is 3. The average Bonchev–Trinajstić information content (AvgIpc) is 3.18. The number of hydrogen-bond donors (Lipinski definition) is 0. The zero-order valence-electron chi connectivity index (χ0n) is 14.8. The molecule has 0 amide bonds. The van der Waals surface area contributed by atoms with Gasteiger partial charge in [-0.3, -0.25) is 0 Å². The summed E-state index contributed by atoms with van der Waals surface area (Å²) in [6.45, 7) is 1.26. The van der Waals surface area contributed by atoms with Crippen molar-refractivity contribution in [2.45, 2.75) is 12.7 Å². The van der Waals surface area contributed by atoms with Gasteiger partial charge in [-0.1, -0.05) is 48.5 Å². The van der Waals surface area contributed by atoms with Crippen LogP contribution >= 0.6 is 0 Å². The highest BCUT2D eigenvalue weighted by molar-refractivity contribution is 5.75. The van der Waals surface area contributed by atoms with Gasteiger partial charge in [-0.05, 0) is 12.1 Å². The SMILES string of the molecule is O=C(OCc1cn(-c2ccccc2)nc1-c1ccccc1)[C@@H]1COCCO1. The first kappa shape index (κ1) is 17.5. The lowest BCUT2D eigenvalue weighted by atomic mass is 10.1. The molecule has 1 aromatic heterocycles. The van der Waals surface area contributed by atoms with Crippen molar-refractivity contribution in [3.8, 4) is 16.9 Å². The molecule has 0 spiro atoms. The van der Waals surface area contributed by atoms with E-state index in [0.717, 1.165) is 22.5 Å². The molecule has 6 nitrogen and oxygen atoms in total. The number of carbonyl (C=O) groups is 1. The number of esters is 1. The minimum absolute atomic E-state index is 0.121. The Morgan fingerprint density at radius 3 is 2.52 bits per heavy atom. The molecule has 1 aliphatic rings. The largest absolute Gasteiger partial charge is 0.459 e. The molecular weight excluding hydrogens is 344 g/mol. The molecule has 0 saturated carbocycles. The lowest BCUT2D eigenvalue weighted by Crippen LogP contribution is -2.36. The van der Waals surface area contributed by atoms with Gasteiger partial charge in [0.15, 0.2) is 6.10 Å². The first-order chi connectivity index (χ1) is 13.3. The minimum Gasteiger partial charge on any atom is -0.459 e. The maximum absolute atomic E-state index is 12.2. The van der Waals surface area contributed by atoms with Crippen LogP contribution in [-0.4, -0.2) is 41.7 Å². The molecular formula is C21H20N2O4. The van der Waals surface area contributed by atoms with Crippen LogP contribution in [0.4, 0.5) is 0 Å². The summed E-state index contributed by atoms with van der Waals surface area (Å²) in [5.74, 6) is -0.416. The van der Waals surface area contributed by atoms with Gasteiger partial charge in [-0.25, -0.2) is 9.48 Å². The van der Waals surface area contributed by atoms with Crippen LogP contribution in [0.25, 0.3) is 16.9 Å². The first-order valence-electron chi connectivity index (χ1n) is 8.86. The Hall–Kier alpha value is -2.96. The molecule has 1 aliphatic heterocycles. The molecule has 0 unspecified atom stereocenters. The van der Waals surface area contributed by atoms with Gasteiger partial charge in [0.25, 0.3) is 0 Å². The molecule has 27 heavy (non-hydrogen) atoms. The molecule has 0 N–H and O–H groups in total. The summed E-state index contributed by atoms with van der Waals surface area (Å²) >= 11 is 0. The van der Waals surface area contributed by atoms with Crippen LogP contribution in [0.2, 0.25) is 0 Å². The third-order valence-corrected chi connectivity index (χ3v) is 4.31. The number of nitrogens with zero attached hydrogens (tertiary/aromatic N) is 2. The minimum atomic E-state index is -0.664. The number of aromatic nitrogens is 2. The van der Waals surface area contributed by atoms with Gasteiger partial charge >= 0.3 is 5.97 Å². The van der Waals surface area contributed by atoms with E-state index in [0.29, 0.717) is 13.2 Å². The first-order valence-corrected chi connectivity index (χ1v) is 8.86. The quantitative estimate of drug-likeness (QED) is 0.651. The molecule has 138 valence electrons. The monoisotopic (exact) mass is 364 g/mol. The maximum atomic E-state index is 12.2. The summed E-state index contributed by atoms with van der Waals surface area (Å²) in [6, 6.07) is 19.7. The molecule has 4 rings (SSSR count). The zero-order chi connectivity index (χ0) is 18.5. The Morgan fingerprint density at radius 1 is 1.07 bits per heavy atom. The third-order valence-electron chi connectivity index (χ3n) is 4.31. The Labute approximate surface area is 157 Å². The van der Waals surface area contributed by atoms with Crippen molar-refractivity contribution in [1.29, 1.82) is 0 Å². The standard InChI is InChI=1S/C21H20N2O4/c24-21(19-15-25-11-12-26-19)27-14-17-13-23(18-9-5-2-6-10-18)22-20(17)16-7-3-1-4-8-16/h1-10,13,19H,11-12,14-15H2/t19-/m0/s1. The summed E-state index contributed by atoms with van der Waals surface area (Å²) in [4.78, 5) is 12.2. The third kappa shape index (κ3) is 4.07. The summed E-state index contributed by atoms with van der Waals surface area (Å²) < 4.78 is 17.9. The van der Waals surface area contributed by atoms with Crippen LogP contribution < -0.4 is 0 Å². The number of para-hydroxylation sites is 1. The van der Waals surface area contributed by atoms with Crippen LogP contribution in [-0.2, 0) is 25.6 Å². The molecule has 0 radical (unpaired) electrons. The lowest BCUT2D eigenvalue weighted by molar-refractivity contribution is -0.172. The lowest BCUT2D eigenvalue weighted by Gasteiger charge is -2.21. The van der Waals surface area contributed by atoms with Crippen LogP contribution in [0, 0.1) is 0 Å². The van der Waals surface area contributed by atoms with Gasteiger partial charge in [0, 0.05) is 17.3 Å². The summed E-state index contributed by atoms with van der Waals surface area (Å²) in [5, 5.41) is 4.71. The van der Waals surface area contributed by atoms with Gasteiger partial charge in [0.2, 0.25) is 0 Å². The van der Waals surface area contributed by atoms with Gasteiger partial charge in [0.1, 0.15) is 6.61 Å². The highest BCUT2D eigenvalue weighted by Crippen LogP contribution is 2.24. The Kier molecular flexibility index (Phi) is 5.27. The predicted octanol–water partition coefficient (Wildman–Crippen LogP) is 3.00. The van der Waals surface area contributed by atoms with Crippen LogP contribution in [0.5, 0.6) is 0 Å². The highest BCUT2D eigenvalue weighted by Gasteiger charge is 2.25. The Balaban J connectivity index is 1.58. The van der Waals surface area contributed by atoms with Crippen LogP contribution in [0.3, 0.4) is 0 Å². The molecule has 1 atom stereocenters. The van der Waals surface area contributed by atoms with E-state index in [1.165, 1.54) is 0 Å². The van der Waals surface area contributed by atoms with Gasteiger partial charge in [-0.15, -0.1) is 0 Å². The Morgan fingerprint density at radius 2 is 1.81 bits per heavy atom. The van der Waals surface area contributed by atoms with Crippen molar-refractivity contribution in [1.82, 2.24) is 9.78 Å². The molecule has 2 aromatic carbocycles. The smallest absolute Gasteiger partial charge is 0.338 e. The van der Waals surface area contributed by atoms with Crippen LogP contribution in [0.15, 0.2) is 66.9 Å². The van der Waals surface area contributed by atoms with Crippen molar-refractivity contribution in [3.63, 3.8) is 0 Å². The van der Waals surface area contributed by atoms with Crippen LogP contribution in [0.1, 0.15) is 5.56 Å². The molecule has 3 aromatic rings. The van der Waals surface area contributed by atoms with Gasteiger partial charge in [0.05, 0.1) is 31.2 Å². The second kappa shape index (κ2) is 8.16. The van der Waals surface area contributed by atoms with Crippen molar-refractivity contribution in [2.24, 2.45) is 0 Å². The normalized spacial score (nSPS) is 16.8. The summed E-state index contributed by atoms with van der Waals surface area (Å²) in [5.41, 5.74) is 3.52. The second-order valence-corrected chi connectivity index (χ2v) is 6.19. The zero-order valence-corrected chi connectivity index (χ0v) is 14.8. The van der Waals surface area contributed by atoms with Crippen molar-refractivity contribution >= 4 is 5.97 Å². The fraction of sp³-hybridized carbons (Fsp3) is 0.238. The van der Waals surface area contributed by atoms with Gasteiger partial charge in [-0.2, -0.15) is 5.10 Å². The molecule has 2 heterocycles. The van der Waals surface area contributed by atoms with Crippen molar-refractivity contribution in [3.05, 3.63) is 72.4 Å². The van der Waals surface area contributed by atoms with E-state index in [9.17, 15) is 4.79 Å². The average molecular weight is 364 g/mol. The topological polar surface area (TPSA) is 62.6 Å².